The van der Waals surface area contributed by atoms with E-state index in [0.29, 0.717) is 59.2 Å². The van der Waals surface area contributed by atoms with Crippen LogP contribution < -0.4 is 0 Å². The standard InChI is InChI=1S/8C11H22O/c1-4-9(3)10-5-8(2)6-11(12)7-10;1-4-9(3)10-7-8(2)5-6-11(10)12;1-4-9(3)10-6-5-8(2)7-11(10)12;1-4-8(2)11-6-5-10(12)7-9(11)3;1-4-8(2)11-7-10(12)6-5-9(11)3;1-4-9(2)11(3)8-6-5-7-10(11)12;1-4-8(2)11-9(3)6-5-7-10(11)12;1-4-8(2)10-7-5-6-9(3)11(10)12/h5*8-12H,4-7H2,1-3H3;9-10,12H,4-8H2,1-3H3;2*8-12H,4-7H2,1-3H3. The smallest absolute Gasteiger partial charge is 0.0596 e. The van der Waals surface area contributed by atoms with E-state index in [1.807, 2.05) is 0 Å². The molecule has 0 aromatic heterocycles. The van der Waals surface area contributed by atoms with Gasteiger partial charge in [0.25, 0.3) is 0 Å². The zero-order valence-corrected chi connectivity index (χ0v) is 68.7. The number of rotatable bonds is 16. The van der Waals surface area contributed by atoms with Crippen molar-refractivity contribution in [2.24, 2.45) is 136 Å². The van der Waals surface area contributed by atoms with Crippen LogP contribution in [0.1, 0.15) is 378 Å². The monoisotopic (exact) mass is 1360 g/mol. The molecule has 31 unspecified atom stereocenters. The summed E-state index contributed by atoms with van der Waals surface area (Å²) in [4.78, 5) is 0. The molecule has 0 aromatic carbocycles. The molecule has 96 heavy (non-hydrogen) atoms. The van der Waals surface area contributed by atoms with Gasteiger partial charge >= 0.3 is 0 Å². The largest absolute Gasteiger partial charge is 0.393 e. The lowest BCUT2D eigenvalue weighted by atomic mass is 9.65. The zero-order valence-electron chi connectivity index (χ0n) is 68.7. The van der Waals surface area contributed by atoms with Gasteiger partial charge in [0.2, 0.25) is 0 Å². The fourth-order valence-corrected chi connectivity index (χ4v) is 19.4. The Balaban J connectivity index is 0.000000549. The lowest BCUT2D eigenvalue weighted by molar-refractivity contribution is -0.0362. The second kappa shape index (κ2) is 50.2. The molecule has 0 radical (unpaired) electrons. The van der Waals surface area contributed by atoms with Gasteiger partial charge in [-0.3, -0.25) is 0 Å². The maximum atomic E-state index is 9.94. The van der Waals surface area contributed by atoms with Crippen molar-refractivity contribution in [3.05, 3.63) is 0 Å². The maximum Gasteiger partial charge on any atom is 0.0596 e. The third-order valence-electron chi connectivity index (χ3n) is 28.7. The summed E-state index contributed by atoms with van der Waals surface area (Å²) in [5.74, 6) is 15.6. The zero-order chi connectivity index (χ0) is 73.2. The lowest BCUT2D eigenvalue weighted by Crippen LogP contribution is -2.40. The van der Waals surface area contributed by atoms with Crippen LogP contribution in [0.2, 0.25) is 0 Å². The molecule has 8 nitrogen and oxygen atoms in total. The molecule has 0 aliphatic heterocycles. The van der Waals surface area contributed by atoms with Gasteiger partial charge in [-0.25, -0.2) is 0 Å². The van der Waals surface area contributed by atoms with Gasteiger partial charge in [0.1, 0.15) is 0 Å². The number of hydrogen-bond donors (Lipinski definition) is 8. The molecule has 0 amide bonds. The van der Waals surface area contributed by atoms with Crippen LogP contribution in [-0.4, -0.2) is 89.7 Å². The molecule has 8 fully saturated rings. The van der Waals surface area contributed by atoms with Gasteiger partial charge in [0.05, 0.1) is 48.8 Å². The fourth-order valence-electron chi connectivity index (χ4n) is 19.4. The molecule has 0 aromatic rings. The fraction of sp³-hybridized carbons (Fsp3) is 1.00. The molecule has 8 heteroatoms. The summed E-state index contributed by atoms with van der Waals surface area (Å²) in [6, 6.07) is 0. The molecule has 8 aliphatic carbocycles. The van der Waals surface area contributed by atoms with E-state index in [1.54, 1.807) is 0 Å². The highest BCUT2D eigenvalue weighted by Crippen LogP contribution is 2.45. The highest BCUT2D eigenvalue weighted by Gasteiger charge is 2.40. The second-order valence-electron chi connectivity index (χ2n) is 36.1. The van der Waals surface area contributed by atoms with Crippen molar-refractivity contribution in [3.8, 4) is 0 Å². The Morgan fingerprint density at radius 3 is 1.32 bits per heavy atom. The highest BCUT2D eigenvalue weighted by molar-refractivity contribution is 4.90. The summed E-state index contributed by atoms with van der Waals surface area (Å²) in [6.45, 7) is 54.4. The third-order valence-corrected chi connectivity index (χ3v) is 28.7. The van der Waals surface area contributed by atoms with Crippen molar-refractivity contribution in [2.75, 3.05) is 0 Å². The van der Waals surface area contributed by atoms with Gasteiger partial charge < -0.3 is 40.9 Å². The average Bonchev–Trinajstić information content (AvgIpc) is 0.882. The summed E-state index contributed by atoms with van der Waals surface area (Å²) in [6.07, 6.45) is 38.6. The minimum Gasteiger partial charge on any atom is -0.393 e. The second-order valence-corrected chi connectivity index (χ2v) is 36.1. The van der Waals surface area contributed by atoms with Gasteiger partial charge in [0, 0.05) is 0 Å². The average molecular weight is 1360 g/mol. The Kier molecular flexibility index (Phi) is 49.0. The molecule has 0 saturated heterocycles. The quantitative estimate of drug-likeness (QED) is 0.0758. The Labute approximate surface area is 600 Å². The van der Waals surface area contributed by atoms with Crippen molar-refractivity contribution in [1.29, 1.82) is 0 Å². The predicted octanol–water partition coefficient (Wildman–Crippen LogP) is 22.8. The molecule has 8 aliphatic rings. The molecule has 0 spiro atoms. The summed E-state index contributed by atoms with van der Waals surface area (Å²) in [5.41, 5.74) is 0.201. The molecule has 8 rings (SSSR count). The number of aliphatic hydroxyl groups is 8. The Morgan fingerprint density at radius 2 is 0.792 bits per heavy atom. The van der Waals surface area contributed by atoms with Crippen molar-refractivity contribution < 1.29 is 40.9 Å². The van der Waals surface area contributed by atoms with E-state index in [0.717, 1.165) is 135 Å². The molecular formula is C88H176O8. The van der Waals surface area contributed by atoms with E-state index in [-0.39, 0.29) is 54.2 Å². The van der Waals surface area contributed by atoms with Crippen LogP contribution in [0.25, 0.3) is 0 Å². The van der Waals surface area contributed by atoms with Crippen LogP contribution in [-0.2, 0) is 0 Å². The predicted molar refractivity (Wildman–Crippen MR) is 416 cm³/mol. The number of aliphatic hydroxyl groups excluding tert-OH is 8. The van der Waals surface area contributed by atoms with Gasteiger partial charge in [-0.1, -0.05) is 256 Å². The van der Waals surface area contributed by atoms with Crippen molar-refractivity contribution in [1.82, 2.24) is 0 Å². The molecule has 0 heterocycles. The maximum absolute atomic E-state index is 9.94. The van der Waals surface area contributed by atoms with Crippen molar-refractivity contribution in [2.45, 2.75) is 427 Å². The first-order chi connectivity index (χ1) is 45.2. The topological polar surface area (TPSA) is 162 Å². The van der Waals surface area contributed by atoms with Crippen LogP contribution in [0.4, 0.5) is 0 Å². The molecule has 31 atom stereocenters. The Hall–Kier alpha value is -0.320. The summed E-state index contributed by atoms with van der Waals surface area (Å²) >= 11 is 0. The highest BCUT2D eigenvalue weighted by atomic mass is 16.3. The number of hydrogen-bond acceptors (Lipinski definition) is 8. The molecule has 576 valence electrons. The normalized spacial score (nSPS) is 39.5. The Bertz CT molecular complexity index is 1730. The molecule has 8 saturated carbocycles. The summed E-state index contributed by atoms with van der Waals surface area (Å²) < 4.78 is 0. The minimum atomic E-state index is -0.0544. The SMILES string of the molecule is CCC(C)C1(C)CCCCC1O.CCC(C)C1C(C)CCCC1O.CCC(C)C1CC(C)CC(O)C1.CCC(C)C1CC(C)CCC1O.CCC(C)C1CC(O)CCC1C.CCC(C)C1CCC(C)CC1O.CCC(C)C1CCC(O)CC1C.CCC(C)C1CCCC(C)C1O. The summed E-state index contributed by atoms with van der Waals surface area (Å²) in [5, 5.41) is 77.9. The van der Waals surface area contributed by atoms with Crippen LogP contribution in [0, 0.1) is 136 Å². The Morgan fingerprint density at radius 1 is 0.302 bits per heavy atom. The van der Waals surface area contributed by atoms with Crippen molar-refractivity contribution in [3.63, 3.8) is 0 Å². The van der Waals surface area contributed by atoms with Gasteiger partial charge in [-0.2, -0.15) is 0 Å². The van der Waals surface area contributed by atoms with Gasteiger partial charge in [0.15, 0.2) is 0 Å². The van der Waals surface area contributed by atoms with Crippen LogP contribution in [0.3, 0.4) is 0 Å². The van der Waals surface area contributed by atoms with E-state index < -0.39 is 0 Å². The van der Waals surface area contributed by atoms with E-state index in [4.69, 9.17) is 0 Å². The lowest BCUT2D eigenvalue weighted by Gasteiger charge is -2.43. The third kappa shape index (κ3) is 33.2. The van der Waals surface area contributed by atoms with Gasteiger partial charge in [-0.15, -0.1) is 0 Å². The van der Waals surface area contributed by atoms with Crippen LogP contribution >= 0.6 is 0 Å². The first-order valence-electron chi connectivity index (χ1n) is 42.6. The molecular weight excluding hydrogens is 1180 g/mol. The minimum absolute atomic E-state index is 0.0136. The van der Waals surface area contributed by atoms with Crippen molar-refractivity contribution >= 4 is 0 Å². The van der Waals surface area contributed by atoms with Gasteiger partial charge in [-0.05, 0) is 258 Å². The van der Waals surface area contributed by atoms with E-state index in [2.05, 4.69) is 166 Å². The van der Waals surface area contributed by atoms with Crippen LogP contribution in [0.5, 0.6) is 0 Å². The molecule has 0 bridgehead atoms. The van der Waals surface area contributed by atoms with E-state index in [1.165, 1.54) is 148 Å². The van der Waals surface area contributed by atoms with E-state index >= 15 is 0 Å². The van der Waals surface area contributed by atoms with E-state index in [9.17, 15) is 40.9 Å². The molecule has 8 N–H and O–H groups in total. The summed E-state index contributed by atoms with van der Waals surface area (Å²) in [7, 11) is 0. The first-order valence-corrected chi connectivity index (χ1v) is 42.6. The first kappa shape index (κ1) is 93.7. The van der Waals surface area contributed by atoms with Crippen LogP contribution in [0.15, 0.2) is 0 Å².